The molecule has 0 spiro atoms. The second-order valence-electron chi connectivity index (χ2n) is 11.1. The summed E-state index contributed by atoms with van der Waals surface area (Å²) in [7, 11) is 1.31. The molecule has 0 aliphatic rings. The molecule has 1 amide bonds. The van der Waals surface area contributed by atoms with Gasteiger partial charge in [-0.2, -0.15) is 10.2 Å². The van der Waals surface area contributed by atoms with Crippen molar-refractivity contribution in [2.24, 2.45) is 0 Å². The quantitative estimate of drug-likeness (QED) is 0.192. The van der Waals surface area contributed by atoms with E-state index >= 15 is 0 Å². The SMILES string of the molecule is COc1ccc(F)cc1C(O)(CC(O)CO)Cn1c(=O)n(C(C)(C)C(=O)NC(C)C)c(=O)c2c(C)c(-n3nccn3)sc21. The first-order chi connectivity index (χ1) is 20.2. The van der Waals surface area contributed by atoms with E-state index in [2.05, 4.69) is 15.5 Å². The van der Waals surface area contributed by atoms with E-state index in [0.29, 0.717) is 10.6 Å². The summed E-state index contributed by atoms with van der Waals surface area (Å²) in [5, 5.41) is 43.8. The van der Waals surface area contributed by atoms with Crippen molar-refractivity contribution in [3.8, 4) is 10.8 Å². The average Bonchev–Trinajstić information content (AvgIpc) is 3.58. The third-order valence-electron chi connectivity index (χ3n) is 7.19. The van der Waals surface area contributed by atoms with Crippen LogP contribution in [0.15, 0.2) is 40.2 Å². The van der Waals surface area contributed by atoms with Gasteiger partial charge in [0.1, 0.15) is 32.5 Å². The van der Waals surface area contributed by atoms with E-state index in [1.165, 1.54) is 44.2 Å². The molecule has 13 nitrogen and oxygen atoms in total. The number of amides is 1. The second-order valence-corrected chi connectivity index (χ2v) is 12.1. The first-order valence-corrected chi connectivity index (χ1v) is 14.3. The van der Waals surface area contributed by atoms with Crippen LogP contribution < -0.4 is 21.3 Å². The predicted molar refractivity (Wildman–Crippen MR) is 157 cm³/mol. The lowest BCUT2D eigenvalue weighted by molar-refractivity contribution is -0.129. The van der Waals surface area contributed by atoms with E-state index in [-0.39, 0.29) is 27.6 Å². The highest BCUT2D eigenvalue weighted by Crippen LogP contribution is 2.38. The van der Waals surface area contributed by atoms with Crippen LogP contribution in [0, 0.1) is 12.7 Å². The van der Waals surface area contributed by atoms with Crippen molar-refractivity contribution in [1.29, 1.82) is 0 Å². The van der Waals surface area contributed by atoms with E-state index in [4.69, 9.17) is 4.74 Å². The molecule has 0 aliphatic heterocycles. The summed E-state index contributed by atoms with van der Waals surface area (Å²) in [5.41, 5.74) is -5.25. The van der Waals surface area contributed by atoms with Crippen molar-refractivity contribution in [3.05, 3.63) is 68.4 Å². The lowest BCUT2D eigenvalue weighted by Gasteiger charge is -2.33. The Labute approximate surface area is 249 Å². The molecule has 3 heterocycles. The summed E-state index contributed by atoms with van der Waals surface area (Å²) in [6, 6.07) is 3.13. The van der Waals surface area contributed by atoms with Crippen molar-refractivity contribution in [3.63, 3.8) is 0 Å². The summed E-state index contributed by atoms with van der Waals surface area (Å²) >= 11 is 1.01. The topological polar surface area (TPSA) is 174 Å². The normalized spacial score (nSPS) is 14.2. The predicted octanol–water partition coefficient (Wildman–Crippen LogP) is 1.15. The van der Waals surface area contributed by atoms with Gasteiger partial charge in [0.2, 0.25) is 5.91 Å². The Balaban J connectivity index is 2.10. The van der Waals surface area contributed by atoms with Gasteiger partial charge in [0, 0.05) is 23.6 Å². The van der Waals surface area contributed by atoms with E-state index in [1.807, 2.05) is 0 Å². The summed E-state index contributed by atoms with van der Waals surface area (Å²) in [5.74, 6) is -1.25. The van der Waals surface area contributed by atoms with Crippen molar-refractivity contribution >= 4 is 27.5 Å². The van der Waals surface area contributed by atoms with Gasteiger partial charge in [-0.15, -0.1) is 4.80 Å². The van der Waals surface area contributed by atoms with Gasteiger partial charge in [-0.25, -0.2) is 13.8 Å². The van der Waals surface area contributed by atoms with Gasteiger partial charge in [0.15, 0.2) is 0 Å². The molecule has 1 aromatic carbocycles. The number of nitrogens with zero attached hydrogens (tertiary/aromatic N) is 5. The van der Waals surface area contributed by atoms with E-state index in [1.54, 1.807) is 20.8 Å². The monoisotopic (exact) mass is 618 g/mol. The van der Waals surface area contributed by atoms with Crippen LogP contribution in [0.4, 0.5) is 4.39 Å². The Morgan fingerprint density at radius 3 is 2.44 bits per heavy atom. The molecular weight excluding hydrogens is 583 g/mol. The van der Waals surface area contributed by atoms with Crippen LogP contribution >= 0.6 is 11.3 Å². The Morgan fingerprint density at radius 2 is 1.86 bits per heavy atom. The number of aliphatic hydroxyl groups is 3. The number of rotatable bonds is 11. The van der Waals surface area contributed by atoms with Crippen molar-refractivity contribution in [1.82, 2.24) is 29.4 Å². The van der Waals surface area contributed by atoms with Crippen LogP contribution in [-0.4, -0.2) is 71.2 Å². The zero-order valence-electron chi connectivity index (χ0n) is 24.7. The summed E-state index contributed by atoms with van der Waals surface area (Å²) in [6.07, 6.45) is 0.878. The van der Waals surface area contributed by atoms with Gasteiger partial charge in [-0.3, -0.25) is 14.2 Å². The molecule has 0 fully saturated rings. The molecule has 43 heavy (non-hydrogen) atoms. The van der Waals surface area contributed by atoms with Gasteiger partial charge in [-0.05, 0) is 52.8 Å². The van der Waals surface area contributed by atoms with Crippen LogP contribution in [0.3, 0.4) is 0 Å². The number of aliphatic hydroxyl groups excluding tert-OH is 2. The molecule has 0 aliphatic carbocycles. The number of benzene rings is 1. The molecule has 0 saturated carbocycles. The number of fused-ring (bicyclic) bond motifs is 1. The molecule has 4 aromatic rings. The van der Waals surface area contributed by atoms with Crippen LogP contribution in [0.25, 0.3) is 15.2 Å². The van der Waals surface area contributed by atoms with Crippen molar-refractivity contribution < 1.29 is 29.2 Å². The largest absolute Gasteiger partial charge is 0.496 e. The summed E-state index contributed by atoms with van der Waals surface area (Å²) in [6.45, 7) is 6.63. The fourth-order valence-corrected chi connectivity index (χ4v) is 6.25. The van der Waals surface area contributed by atoms with Gasteiger partial charge in [0.25, 0.3) is 5.56 Å². The number of hydrogen-bond donors (Lipinski definition) is 4. The first-order valence-electron chi connectivity index (χ1n) is 13.5. The van der Waals surface area contributed by atoms with Crippen LogP contribution in [-0.2, 0) is 22.5 Å². The minimum atomic E-state index is -2.21. The Bertz CT molecular complexity index is 1760. The molecule has 4 rings (SSSR count). The lowest BCUT2D eigenvalue weighted by atomic mass is 9.87. The molecule has 232 valence electrons. The number of methoxy groups -OCH3 is 1. The van der Waals surface area contributed by atoms with E-state index in [0.717, 1.165) is 32.6 Å². The average molecular weight is 619 g/mol. The third-order valence-corrected chi connectivity index (χ3v) is 8.47. The van der Waals surface area contributed by atoms with Crippen LogP contribution in [0.5, 0.6) is 5.75 Å². The Morgan fingerprint density at radius 1 is 1.21 bits per heavy atom. The summed E-state index contributed by atoms with van der Waals surface area (Å²) < 4.78 is 21.8. The number of nitrogens with one attached hydrogen (secondary N) is 1. The number of hydrogen-bond acceptors (Lipinski definition) is 10. The fourth-order valence-electron chi connectivity index (χ4n) is 5.04. The van der Waals surface area contributed by atoms with Crippen molar-refractivity contribution in [2.75, 3.05) is 13.7 Å². The van der Waals surface area contributed by atoms with Gasteiger partial charge >= 0.3 is 5.69 Å². The summed E-state index contributed by atoms with van der Waals surface area (Å²) in [4.78, 5) is 43.1. The lowest BCUT2D eigenvalue weighted by Crippen LogP contribution is -2.57. The van der Waals surface area contributed by atoms with Crippen LogP contribution in [0.1, 0.15) is 45.2 Å². The van der Waals surface area contributed by atoms with Crippen LogP contribution in [0.2, 0.25) is 0 Å². The number of carbonyl (C=O) groups excluding carboxylic acids is 1. The second kappa shape index (κ2) is 12.0. The highest BCUT2D eigenvalue weighted by atomic mass is 32.1. The minimum absolute atomic E-state index is 0.0621. The van der Waals surface area contributed by atoms with Crippen molar-refractivity contribution in [2.45, 2.75) is 70.9 Å². The number of thiophene rings is 1. The molecule has 0 bridgehead atoms. The number of aryl methyl sites for hydroxylation is 1. The molecule has 3 aromatic heterocycles. The standard InChI is InChI=1S/C28H35FN6O7S/c1-15(2)32-25(39)27(4,5)34-22(38)21-16(3)23(35-30-9-10-31-35)43-24(21)33(26(34)40)14-28(41,12-18(37)13-36)19-11-17(29)7-8-20(19)42-6/h7-11,15,18,36-37,41H,12-14H2,1-6H3,(H,32,39). The van der Waals surface area contributed by atoms with Gasteiger partial charge < -0.3 is 25.4 Å². The van der Waals surface area contributed by atoms with E-state index < -0.39 is 59.8 Å². The third kappa shape index (κ3) is 5.85. The maximum atomic E-state index is 14.5. The molecular formula is C28H35FN6O7S. The fraction of sp³-hybridized carbons (Fsp3) is 0.464. The molecule has 15 heteroatoms. The molecule has 0 saturated heterocycles. The maximum absolute atomic E-state index is 14.5. The number of aromatic nitrogens is 5. The van der Waals surface area contributed by atoms with Gasteiger partial charge in [-0.1, -0.05) is 11.3 Å². The minimum Gasteiger partial charge on any atom is -0.496 e. The molecule has 4 N–H and O–H groups in total. The first kappa shape index (κ1) is 32.0. The molecule has 2 unspecified atom stereocenters. The number of ether oxygens (including phenoxy) is 1. The molecule has 2 atom stereocenters. The highest BCUT2D eigenvalue weighted by molar-refractivity contribution is 7.21. The Kier molecular flexibility index (Phi) is 8.92. The van der Waals surface area contributed by atoms with E-state index in [9.17, 15) is 34.1 Å². The Hall–Kier alpha value is -3.92. The highest BCUT2D eigenvalue weighted by Gasteiger charge is 2.40. The maximum Gasteiger partial charge on any atom is 0.333 e. The zero-order valence-corrected chi connectivity index (χ0v) is 25.5. The zero-order chi connectivity index (χ0) is 31.9. The number of halogens is 1. The number of carbonyl (C=O) groups is 1. The van der Waals surface area contributed by atoms with Gasteiger partial charge in [0.05, 0.1) is 44.1 Å². The molecule has 0 radical (unpaired) electrons. The smallest absolute Gasteiger partial charge is 0.333 e.